The highest BCUT2D eigenvalue weighted by atomic mass is 16.6. The molecule has 0 fully saturated rings. The van der Waals surface area contributed by atoms with E-state index in [-0.39, 0.29) is 5.56 Å². The van der Waals surface area contributed by atoms with E-state index in [0.717, 1.165) is 17.4 Å². The Labute approximate surface area is 202 Å². The van der Waals surface area contributed by atoms with Crippen LogP contribution in [0.25, 0.3) is 5.65 Å². The van der Waals surface area contributed by atoms with Crippen LogP contribution < -0.4 is 14.2 Å². The van der Waals surface area contributed by atoms with Gasteiger partial charge in [0.2, 0.25) is 0 Å². The minimum atomic E-state index is -0.601. The van der Waals surface area contributed by atoms with Gasteiger partial charge in [0.25, 0.3) is 0 Å². The number of rotatable bonds is 7. The Morgan fingerprint density at radius 1 is 1.00 bits per heavy atom. The number of aryl methyl sites for hydroxylation is 1. The van der Waals surface area contributed by atoms with Gasteiger partial charge >= 0.3 is 5.97 Å². The number of carbonyl (C=O) groups excluding carboxylic acids is 2. The van der Waals surface area contributed by atoms with Crippen LogP contribution in [0.5, 0.6) is 17.2 Å². The number of methoxy groups -OCH3 is 2. The third-order valence-electron chi connectivity index (χ3n) is 6.21. The Morgan fingerprint density at radius 3 is 2.43 bits per heavy atom. The van der Waals surface area contributed by atoms with Gasteiger partial charge in [0.05, 0.1) is 19.9 Å². The molecular formula is C27H24N2O6. The van der Waals surface area contributed by atoms with Crippen LogP contribution in [-0.4, -0.2) is 42.0 Å². The molecule has 178 valence electrons. The van der Waals surface area contributed by atoms with Gasteiger partial charge in [-0.15, -0.1) is 0 Å². The van der Waals surface area contributed by atoms with Crippen molar-refractivity contribution in [3.05, 3.63) is 88.9 Å². The Kier molecular flexibility index (Phi) is 5.86. The largest absolute Gasteiger partial charge is 0.496 e. The second-order valence-corrected chi connectivity index (χ2v) is 8.19. The van der Waals surface area contributed by atoms with E-state index in [1.165, 1.54) is 14.2 Å². The lowest BCUT2D eigenvalue weighted by atomic mass is 10.1. The molecule has 2 unspecified atom stereocenters. The van der Waals surface area contributed by atoms with Crippen molar-refractivity contribution in [3.63, 3.8) is 0 Å². The summed E-state index contributed by atoms with van der Waals surface area (Å²) in [7, 11) is 2.98. The predicted molar refractivity (Wildman–Crippen MR) is 128 cm³/mol. The number of aromatic nitrogens is 2. The summed E-state index contributed by atoms with van der Waals surface area (Å²) in [6.45, 7) is 1.77. The number of hydrogen-bond acceptors (Lipinski definition) is 7. The summed E-state index contributed by atoms with van der Waals surface area (Å²) in [5, 5.41) is 0. The minimum Gasteiger partial charge on any atom is -0.496 e. The normalized spacial score (nSPS) is 16.5. The maximum atomic E-state index is 13.3. The molecule has 0 bridgehead atoms. The summed E-state index contributed by atoms with van der Waals surface area (Å²) < 4.78 is 24.9. The highest BCUT2D eigenvalue weighted by Crippen LogP contribution is 2.39. The lowest BCUT2D eigenvalue weighted by molar-refractivity contribution is -0.00335. The van der Waals surface area contributed by atoms with E-state index in [2.05, 4.69) is 4.98 Å². The predicted octanol–water partition coefficient (Wildman–Crippen LogP) is 4.37. The van der Waals surface area contributed by atoms with Gasteiger partial charge in [-0.05, 0) is 42.3 Å². The molecule has 2 heterocycles. The molecule has 2 aromatic heterocycles. The van der Waals surface area contributed by atoms with Gasteiger partial charge < -0.3 is 18.9 Å². The van der Waals surface area contributed by atoms with Gasteiger partial charge in [0.15, 0.2) is 23.8 Å². The summed E-state index contributed by atoms with van der Waals surface area (Å²) >= 11 is 0. The zero-order chi connectivity index (χ0) is 24.5. The number of aldehydes is 1. The van der Waals surface area contributed by atoms with Crippen LogP contribution in [0.15, 0.2) is 60.8 Å². The minimum absolute atomic E-state index is 0.216. The molecule has 35 heavy (non-hydrogen) atoms. The van der Waals surface area contributed by atoms with Crippen molar-refractivity contribution in [2.75, 3.05) is 14.2 Å². The molecule has 0 N–H and O–H groups in total. The molecule has 0 saturated carbocycles. The van der Waals surface area contributed by atoms with Crippen LogP contribution in [0, 0.1) is 6.92 Å². The highest BCUT2D eigenvalue weighted by Gasteiger charge is 2.38. The van der Waals surface area contributed by atoms with Crippen LogP contribution in [0.3, 0.4) is 0 Å². The summed E-state index contributed by atoms with van der Waals surface area (Å²) in [5.74, 6) is 0.646. The third-order valence-corrected chi connectivity index (χ3v) is 6.21. The molecule has 0 radical (unpaired) electrons. The van der Waals surface area contributed by atoms with Gasteiger partial charge in [0.1, 0.15) is 28.9 Å². The maximum absolute atomic E-state index is 13.3. The van der Waals surface area contributed by atoms with E-state index in [1.807, 2.05) is 24.3 Å². The molecule has 1 aliphatic carbocycles. The smallest absolute Gasteiger partial charge is 0.346 e. The second-order valence-electron chi connectivity index (χ2n) is 8.19. The molecular weight excluding hydrogens is 448 g/mol. The van der Waals surface area contributed by atoms with E-state index in [9.17, 15) is 9.59 Å². The number of fused-ring (bicyclic) bond motifs is 2. The number of benzene rings is 2. The Balaban J connectivity index is 1.51. The van der Waals surface area contributed by atoms with Crippen molar-refractivity contribution in [1.29, 1.82) is 0 Å². The quantitative estimate of drug-likeness (QED) is 0.291. The summed E-state index contributed by atoms with van der Waals surface area (Å²) in [4.78, 5) is 29.4. The van der Waals surface area contributed by atoms with Crippen LogP contribution in [0.4, 0.5) is 0 Å². The molecule has 0 aliphatic heterocycles. The van der Waals surface area contributed by atoms with Crippen LogP contribution in [0.2, 0.25) is 0 Å². The standard InChI is InChI=1S/C27H24N2O6/c1-16-19(15-30)29-13-7-12-22(26(29)28-16)34-25-18-9-5-4-8-17(18)14-23(25)35-27(31)24-20(32-2)10-6-11-21(24)33-3/h4-13,15,23,25H,14H2,1-3H3. The molecule has 0 amide bonds. The van der Waals surface area contributed by atoms with Gasteiger partial charge in [0, 0.05) is 12.6 Å². The fraction of sp³-hybridized carbons (Fsp3) is 0.222. The zero-order valence-corrected chi connectivity index (χ0v) is 19.6. The molecule has 2 atom stereocenters. The van der Waals surface area contributed by atoms with Crippen molar-refractivity contribution in [2.24, 2.45) is 0 Å². The molecule has 1 aliphatic rings. The fourth-order valence-electron chi connectivity index (χ4n) is 4.56. The number of nitrogens with zero attached hydrogens (tertiary/aromatic N) is 2. The van der Waals surface area contributed by atoms with E-state index < -0.39 is 18.2 Å². The van der Waals surface area contributed by atoms with Crippen molar-refractivity contribution in [1.82, 2.24) is 9.38 Å². The Morgan fingerprint density at radius 2 is 1.71 bits per heavy atom. The summed E-state index contributed by atoms with van der Waals surface area (Å²) in [6.07, 6.45) is 1.85. The van der Waals surface area contributed by atoms with Crippen LogP contribution >= 0.6 is 0 Å². The summed E-state index contributed by atoms with van der Waals surface area (Å²) in [5.41, 5.74) is 3.76. The van der Waals surface area contributed by atoms with Crippen LogP contribution in [0.1, 0.15) is 43.8 Å². The SMILES string of the molecule is COc1cccc(OC)c1C(=O)OC1Cc2ccccc2C1Oc1cccn2c(C=O)c(C)nc12. The van der Waals surface area contributed by atoms with E-state index in [0.29, 0.717) is 40.7 Å². The van der Waals surface area contributed by atoms with Gasteiger partial charge in [-0.1, -0.05) is 30.3 Å². The van der Waals surface area contributed by atoms with Crippen LogP contribution in [-0.2, 0) is 11.2 Å². The first kappa shape index (κ1) is 22.5. The topological polar surface area (TPSA) is 88.4 Å². The van der Waals surface area contributed by atoms with Gasteiger partial charge in [-0.25, -0.2) is 9.78 Å². The second kappa shape index (κ2) is 9.13. The molecule has 2 aromatic carbocycles. The number of imidazole rings is 1. The third kappa shape index (κ3) is 3.86. The average Bonchev–Trinajstić information content (AvgIpc) is 3.39. The number of ether oxygens (including phenoxy) is 4. The highest BCUT2D eigenvalue weighted by molar-refractivity contribution is 5.95. The molecule has 0 saturated heterocycles. The van der Waals surface area contributed by atoms with Crippen molar-refractivity contribution >= 4 is 17.9 Å². The van der Waals surface area contributed by atoms with Crippen molar-refractivity contribution < 1.29 is 28.5 Å². The first-order chi connectivity index (χ1) is 17.0. The van der Waals surface area contributed by atoms with E-state index in [4.69, 9.17) is 18.9 Å². The molecule has 5 rings (SSSR count). The lowest BCUT2D eigenvalue weighted by Crippen LogP contribution is -2.27. The first-order valence-electron chi connectivity index (χ1n) is 11.1. The summed E-state index contributed by atoms with van der Waals surface area (Å²) in [6, 6.07) is 16.5. The monoisotopic (exact) mass is 472 g/mol. The molecule has 8 heteroatoms. The molecule has 0 spiro atoms. The van der Waals surface area contributed by atoms with E-state index >= 15 is 0 Å². The van der Waals surface area contributed by atoms with Gasteiger partial charge in [-0.3, -0.25) is 9.20 Å². The van der Waals surface area contributed by atoms with Crippen molar-refractivity contribution in [2.45, 2.75) is 25.6 Å². The number of pyridine rings is 1. The number of carbonyl (C=O) groups is 2. The maximum Gasteiger partial charge on any atom is 0.346 e. The average molecular weight is 472 g/mol. The fourth-order valence-corrected chi connectivity index (χ4v) is 4.56. The Hall–Kier alpha value is -4.33. The zero-order valence-electron chi connectivity index (χ0n) is 19.6. The number of esters is 1. The lowest BCUT2D eigenvalue weighted by Gasteiger charge is -2.23. The molecule has 8 nitrogen and oxygen atoms in total. The Bertz CT molecular complexity index is 1400. The van der Waals surface area contributed by atoms with Crippen molar-refractivity contribution in [3.8, 4) is 17.2 Å². The first-order valence-corrected chi connectivity index (χ1v) is 11.1. The van der Waals surface area contributed by atoms with Gasteiger partial charge in [-0.2, -0.15) is 0 Å². The molecule has 4 aromatic rings. The number of hydrogen-bond donors (Lipinski definition) is 0. The van der Waals surface area contributed by atoms with E-state index in [1.54, 1.807) is 47.9 Å².